The number of hydrogen-bond acceptors (Lipinski definition) is 1. The quantitative estimate of drug-likeness (QED) is 0.412. The van der Waals surface area contributed by atoms with Crippen molar-refractivity contribution in [3.8, 4) is 0 Å². The number of allylic oxidation sites excluding steroid dienone is 5. The SMILES string of the molecule is C=C(C)/C(C=S)=C(\C=CC)c1ccccc1. The summed E-state index contributed by atoms with van der Waals surface area (Å²) < 4.78 is 0. The molecule has 0 aliphatic carbocycles. The second-order valence-corrected chi connectivity index (χ2v) is 3.83. The van der Waals surface area contributed by atoms with E-state index in [1.807, 2.05) is 38.1 Å². The standard InChI is InChI=1S/C15H16S/c1-4-8-14(15(11-16)12(2)3)13-9-6-5-7-10-13/h4-11H,2H2,1,3H3/b8-4?,15-14+. The molecule has 0 atom stereocenters. The van der Waals surface area contributed by atoms with Crippen LogP contribution in [0, 0.1) is 0 Å². The Labute approximate surface area is 103 Å². The average Bonchev–Trinajstić information content (AvgIpc) is 2.29. The fourth-order valence-corrected chi connectivity index (χ4v) is 1.85. The van der Waals surface area contributed by atoms with Gasteiger partial charge in [-0.1, -0.05) is 61.3 Å². The Bertz CT molecular complexity index is 436. The summed E-state index contributed by atoms with van der Waals surface area (Å²) in [6, 6.07) is 10.2. The van der Waals surface area contributed by atoms with E-state index in [0.29, 0.717) is 0 Å². The highest BCUT2D eigenvalue weighted by Crippen LogP contribution is 2.23. The third kappa shape index (κ3) is 3.01. The molecule has 0 aliphatic rings. The van der Waals surface area contributed by atoms with Crippen molar-refractivity contribution >= 4 is 23.2 Å². The second-order valence-electron chi connectivity index (χ2n) is 3.59. The molecule has 0 unspecified atom stereocenters. The first-order valence-corrected chi connectivity index (χ1v) is 5.71. The van der Waals surface area contributed by atoms with Crippen LogP contribution in [0.4, 0.5) is 0 Å². The zero-order valence-electron chi connectivity index (χ0n) is 9.73. The zero-order chi connectivity index (χ0) is 12.0. The van der Waals surface area contributed by atoms with Crippen molar-refractivity contribution in [1.82, 2.24) is 0 Å². The van der Waals surface area contributed by atoms with Crippen LogP contribution < -0.4 is 0 Å². The van der Waals surface area contributed by atoms with Crippen molar-refractivity contribution in [2.75, 3.05) is 0 Å². The molecule has 0 spiro atoms. The van der Waals surface area contributed by atoms with E-state index in [2.05, 4.69) is 24.8 Å². The third-order valence-electron chi connectivity index (χ3n) is 2.29. The van der Waals surface area contributed by atoms with Gasteiger partial charge in [0.1, 0.15) is 0 Å². The normalized spacial score (nSPS) is 12.4. The maximum atomic E-state index is 5.06. The molecule has 0 saturated heterocycles. The summed E-state index contributed by atoms with van der Waals surface area (Å²) in [6.07, 6.45) is 4.09. The largest absolute Gasteiger partial charge is 0.0955 e. The van der Waals surface area contributed by atoms with E-state index < -0.39 is 0 Å². The summed E-state index contributed by atoms with van der Waals surface area (Å²) >= 11 is 5.06. The Hall–Kier alpha value is -1.47. The maximum Gasteiger partial charge on any atom is 0.00948 e. The molecular formula is C15H16S. The van der Waals surface area contributed by atoms with Crippen molar-refractivity contribution in [2.45, 2.75) is 13.8 Å². The van der Waals surface area contributed by atoms with Crippen molar-refractivity contribution in [1.29, 1.82) is 0 Å². The van der Waals surface area contributed by atoms with Crippen LogP contribution in [0.15, 0.2) is 60.2 Å². The van der Waals surface area contributed by atoms with Gasteiger partial charge in [0.2, 0.25) is 0 Å². The summed E-state index contributed by atoms with van der Waals surface area (Å²) in [4.78, 5) is 0. The van der Waals surface area contributed by atoms with Crippen LogP contribution in [0.3, 0.4) is 0 Å². The molecule has 0 aromatic heterocycles. The molecule has 0 bridgehead atoms. The Morgan fingerprint density at radius 3 is 2.31 bits per heavy atom. The summed E-state index contributed by atoms with van der Waals surface area (Å²) in [5.41, 5.74) is 4.32. The van der Waals surface area contributed by atoms with Crippen LogP contribution in [0.2, 0.25) is 0 Å². The molecule has 1 heteroatoms. The molecule has 82 valence electrons. The first-order valence-electron chi connectivity index (χ1n) is 5.24. The fourth-order valence-electron chi connectivity index (χ4n) is 1.52. The van der Waals surface area contributed by atoms with Gasteiger partial charge >= 0.3 is 0 Å². The van der Waals surface area contributed by atoms with E-state index in [4.69, 9.17) is 12.2 Å². The Morgan fingerprint density at radius 2 is 1.88 bits per heavy atom. The molecule has 0 aliphatic heterocycles. The molecule has 1 aromatic rings. The number of rotatable bonds is 4. The molecule has 0 saturated carbocycles. The highest BCUT2D eigenvalue weighted by atomic mass is 32.1. The van der Waals surface area contributed by atoms with Crippen LogP contribution in [-0.4, -0.2) is 5.37 Å². The molecule has 16 heavy (non-hydrogen) atoms. The molecule has 0 amide bonds. The fraction of sp³-hybridized carbons (Fsp3) is 0.133. The summed E-state index contributed by atoms with van der Waals surface area (Å²) in [5.74, 6) is 0. The van der Waals surface area contributed by atoms with Gasteiger partial charge in [0.15, 0.2) is 0 Å². The van der Waals surface area contributed by atoms with Gasteiger partial charge in [-0.3, -0.25) is 0 Å². The van der Waals surface area contributed by atoms with Crippen LogP contribution >= 0.6 is 12.2 Å². The first kappa shape index (κ1) is 12.6. The van der Waals surface area contributed by atoms with E-state index in [1.54, 1.807) is 5.37 Å². The number of benzene rings is 1. The lowest BCUT2D eigenvalue weighted by Gasteiger charge is -2.08. The van der Waals surface area contributed by atoms with Crippen LogP contribution in [-0.2, 0) is 0 Å². The Kier molecular flexibility index (Phi) is 4.87. The minimum Gasteiger partial charge on any atom is -0.0955 e. The minimum absolute atomic E-state index is 0.993. The molecule has 0 heterocycles. The molecule has 0 fully saturated rings. The van der Waals surface area contributed by atoms with Crippen LogP contribution in [0.5, 0.6) is 0 Å². The second kappa shape index (κ2) is 6.19. The van der Waals surface area contributed by atoms with Crippen molar-refractivity contribution in [3.63, 3.8) is 0 Å². The summed E-state index contributed by atoms with van der Waals surface area (Å²) in [7, 11) is 0. The predicted octanol–water partition coefficient (Wildman–Crippen LogP) is 4.59. The van der Waals surface area contributed by atoms with E-state index >= 15 is 0 Å². The van der Waals surface area contributed by atoms with Crippen molar-refractivity contribution < 1.29 is 0 Å². The van der Waals surface area contributed by atoms with Gasteiger partial charge in [-0.05, 0) is 36.1 Å². The van der Waals surface area contributed by atoms with Gasteiger partial charge in [-0.2, -0.15) is 0 Å². The van der Waals surface area contributed by atoms with Gasteiger partial charge in [-0.15, -0.1) is 0 Å². The van der Waals surface area contributed by atoms with E-state index in [-0.39, 0.29) is 0 Å². The number of thiocarbonyl (C=S) groups is 1. The van der Waals surface area contributed by atoms with Crippen LogP contribution in [0.1, 0.15) is 19.4 Å². The molecule has 0 nitrogen and oxygen atoms in total. The molecular weight excluding hydrogens is 212 g/mol. The monoisotopic (exact) mass is 228 g/mol. The van der Waals surface area contributed by atoms with Gasteiger partial charge in [0.05, 0.1) is 0 Å². The van der Waals surface area contributed by atoms with Gasteiger partial charge in [-0.25, -0.2) is 0 Å². The molecule has 0 N–H and O–H groups in total. The lowest BCUT2D eigenvalue weighted by Crippen LogP contribution is -1.91. The smallest absolute Gasteiger partial charge is 0.00948 e. The van der Waals surface area contributed by atoms with Gasteiger partial charge in [0.25, 0.3) is 0 Å². The van der Waals surface area contributed by atoms with Crippen LogP contribution in [0.25, 0.3) is 5.57 Å². The average molecular weight is 228 g/mol. The molecule has 1 aromatic carbocycles. The Morgan fingerprint density at radius 1 is 1.25 bits per heavy atom. The highest BCUT2D eigenvalue weighted by Gasteiger charge is 2.04. The minimum atomic E-state index is 0.993. The zero-order valence-corrected chi connectivity index (χ0v) is 10.6. The molecule has 0 radical (unpaired) electrons. The third-order valence-corrected chi connectivity index (χ3v) is 2.52. The van der Waals surface area contributed by atoms with E-state index in [9.17, 15) is 0 Å². The van der Waals surface area contributed by atoms with Gasteiger partial charge < -0.3 is 0 Å². The maximum absolute atomic E-state index is 5.06. The van der Waals surface area contributed by atoms with Crippen molar-refractivity contribution in [3.05, 3.63) is 65.8 Å². The first-order chi connectivity index (χ1) is 7.70. The lowest BCUT2D eigenvalue weighted by molar-refractivity contribution is 1.50. The van der Waals surface area contributed by atoms with Gasteiger partial charge in [0, 0.05) is 5.37 Å². The van der Waals surface area contributed by atoms with E-state index in [1.165, 1.54) is 5.56 Å². The summed E-state index contributed by atoms with van der Waals surface area (Å²) in [5, 5.41) is 1.70. The topological polar surface area (TPSA) is 0 Å². The van der Waals surface area contributed by atoms with Crippen molar-refractivity contribution in [2.24, 2.45) is 0 Å². The Balaban J connectivity index is 3.39. The number of hydrogen-bond donors (Lipinski definition) is 0. The van der Waals surface area contributed by atoms with E-state index in [0.717, 1.165) is 16.7 Å². The highest BCUT2D eigenvalue weighted by molar-refractivity contribution is 7.79. The predicted molar refractivity (Wildman–Crippen MR) is 76.6 cm³/mol. The summed E-state index contributed by atoms with van der Waals surface area (Å²) in [6.45, 7) is 7.94. The lowest BCUT2D eigenvalue weighted by atomic mass is 9.97. The molecule has 1 rings (SSSR count).